The molecule has 0 radical (unpaired) electrons. The predicted octanol–water partition coefficient (Wildman–Crippen LogP) is 4.13. The summed E-state index contributed by atoms with van der Waals surface area (Å²) in [7, 11) is 0. The molecule has 0 amide bonds. The molecule has 3 heterocycles. The Kier molecular flexibility index (Phi) is 3.62. The van der Waals surface area contributed by atoms with Crippen molar-refractivity contribution in [2.45, 2.75) is 63.2 Å². The molecule has 0 bridgehead atoms. The van der Waals surface area contributed by atoms with Crippen LogP contribution < -0.4 is 4.90 Å². The summed E-state index contributed by atoms with van der Waals surface area (Å²) in [5, 5.41) is 12.7. The van der Waals surface area contributed by atoms with Crippen molar-refractivity contribution in [3.05, 3.63) is 20.6 Å². The molecule has 0 spiro atoms. The molecule has 2 fully saturated rings. The van der Waals surface area contributed by atoms with Gasteiger partial charge < -0.3 is 4.90 Å². The molecule has 23 heavy (non-hydrogen) atoms. The van der Waals surface area contributed by atoms with Crippen molar-refractivity contribution in [2.75, 3.05) is 18.0 Å². The molecule has 2 aromatic rings. The molecule has 1 saturated heterocycles. The number of thiazole rings is 1. The average Bonchev–Trinajstić information content (AvgIpc) is 3.17. The SMILES string of the molecule is C1CCc2sc(C3CCCN(c4nnc(C5CC5)s4)C3)nc2C1. The Morgan fingerprint density at radius 3 is 2.65 bits per heavy atom. The van der Waals surface area contributed by atoms with Gasteiger partial charge in [-0.2, -0.15) is 0 Å². The van der Waals surface area contributed by atoms with Crippen LogP contribution in [0.25, 0.3) is 0 Å². The molecule has 1 saturated carbocycles. The first-order chi connectivity index (χ1) is 11.4. The maximum absolute atomic E-state index is 5.01. The lowest BCUT2D eigenvalue weighted by molar-refractivity contribution is 0.506. The zero-order valence-electron chi connectivity index (χ0n) is 13.3. The summed E-state index contributed by atoms with van der Waals surface area (Å²) >= 11 is 3.81. The first-order valence-electron chi connectivity index (χ1n) is 8.93. The Labute approximate surface area is 145 Å². The third-order valence-electron chi connectivity index (χ3n) is 5.26. The van der Waals surface area contributed by atoms with Crippen molar-refractivity contribution < 1.29 is 0 Å². The molecule has 1 aliphatic heterocycles. The molecule has 0 N–H and O–H groups in total. The van der Waals surface area contributed by atoms with E-state index in [1.165, 1.54) is 67.1 Å². The van der Waals surface area contributed by atoms with Crippen LogP contribution in [0.1, 0.15) is 70.9 Å². The van der Waals surface area contributed by atoms with E-state index in [0.29, 0.717) is 11.8 Å². The summed E-state index contributed by atoms with van der Waals surface area (Å²) in [6.45, 7) is 2.20. The van der Waals surface area contributed by atoms with Crippen LogP contribution in [0.15, 0.2) is 0 Å². The van der Waals surface area contributed by atoms with Gasteiger partial charge in [0.1, 0.15) is 5.01 Å². The molecule has 122 valence electrons. The van der Waals surface area contributed by atoms with Gasteiger partial charge in [-0.25, -0.2) is 4.98 Å². The van der Waals surface area contributed by atoms with E-state index in [2.05, 4.69) is 15.1 Å². The van der Waals surface area contributed by atoms with Gasteiger partial charge in [0.15, 0.2) is 0 Å². The van der Waals surface area contributed by atoms with Crippen molar-refractivity contribution in [1.82, 2.24) is 15.2 Å². The van der Waals surface area contributed by atoms with E-state index >= 15 is 0 Å². The first kappa shape index (κ1) is 14.3. The minimum absolute atomic E-state index is 0.590. The number of hydrogen-bond acceptors (Lipinski definition) is 6. The fourth-order valence-electron chi connectivity index (χ4n) is 3.75. The summed E-state index contributed by atoms with van der Waals surface area (Å²) in [6, 6.07) is 0. The normalized spacial score (nSPS) is 24.7. The van der Waals surface area contributed by atoms with Crippen LogP contribution in [-0.4, -0.2) is 28.3 Å². The topological polar surface area (TPSA) is 41.9 Å². The summed E-state index contributed by atoms with van der Waals surface area (Å²) in [5.41, 5.74) is 1.40. The van der Waals surface area contributed by atoms with E-state index in [0.717, 1.165) is 18.2 Å². The molecule has 0 aromatic carbocycles. The lowest BCUT2D eigenvalue weighted by Gasteiger charge is -2.31. The third-order valence-corrected chi connectivity index (χ3v) is 7.73. The molecule has 1 atom stereocenters. The number of piperidine rings is 1. The standard InChI is InChI=1S/C17H22N4S2/c1-2-6-14-13(5-1)18-15(22-14)12-4-3-9-21(10-12)17-20-19-16(23-17)11-7-8-11/h11-12H,1-10H2. The summed E-state index contributed by atoms with van der Waals surface area (Å²) in [5.74, 6) is 1.31. The summed E-state index contributed by atoms with van der Waals surface area (Å²) in [4.78, 5) is 9.03. The fraction of sp³-hybridized carbons (Fsp3) is 0.706. The van der Waals surface area contributed by atoms with Crippen molar-refractivity contribution >= 4 is 27.8 Å². The van der Waals surface area contributed by atoms with Crippen LogP contribution in [0.2, 0.25) is 0 Å². The van der Waals surface area contributed by atoms with Crippen LogP contribution >= 0.6 is 22.7 Å². The van der Waals surface area contributed by atoms with E-state index in [9.17, 15) is 0 Å². The zero-order valence-corrected chi connectivity index (χ0v) is 15.0. The highest BCUT2D eigenvalue weighted by Crippen LogP contribution is 2.43. The lowest BCUT2D eigenvalue weighted by Crippen LogP contribution is -2.34. The number of fused-ring (bicyclic) bond motifs is 1. The van der Waals surface area contributed by atoms with E-state index in [-0.39, 0.29) is 0 Å². The van der Waals surface area contributed by atoms with Crippen molar-refractivity contribution in [3.8, 4) is 0 Å². The van der Waals surface area contributed by atoms with Gasteiger partial charge in [0, 0.05) is 29.8 Å². The third kappa shape index (κ3) is 2.80. The van der Waals surface area contributed by atoms with Crippen LogP contribution in [-0.2, 0) is 12.8 Å². The van der Waals surface area contributed by atoms with Crippen LogP contribution in [0.5, 0.6) is 0 Å². The molecular formula is C17H22N4S2. The number of nitrogens with zero attached hydrogens (tertiary/aromatic N) is 4. The highest BCUT2D eigenvalue weighted by atomic mass is 32.1. The van der Waals surface area contributed by atoms with Gasteiger partial charge in [-0.15, -0.1) is 21.5 Å². The van der Waals surface area contributed by atoms with Gasteiger partial charge in [-0.1, -0.05) is 11.3 Å². The molecule has 3 aliphatic rings. The number of anilines is 1. The molecule has 5 rings (SSSR count). The molecule has 1 unspecified atom stereocenters. The Bertz CT molecular complexity index is 680. The minimum atomic E-state index is 0.590. The predicted molar refractivity (Wildman–Crippen MR) is 94.8 cm³/mol. The van der Waals surface area contributed by atoms with Gasteiger partial charge in [0.2, 0.25) is 5.13 Å². The number of aryl methyl sites for hydroxylation is 2. The summed E-state index contributed by atoms with van der Waals surface area (Å²) < 4.78 is 0. The van der Waals surface area contributed by atoms with E-state index in [4.69, 9.17) is 4.98 Å². The highest BCUT2D eigenvalue weighted by Gasteiger charge is 2.31. The Balaban J connectivity index is 1.34. The van der Waals surface area contributed by atoms with Crippen LogP contribution in [0.3, 0.4) is 0 Å². The maximum atomic E-state index is 5.01. The number of hydrogen-bond donors (Lipinski definition) is 0. The Hall–Kier alpha value is -1.01. The molecular weight excluding hydrogens is 324 g/mol. The van der Waals surface area contributed by atoms with Crippen molar-refractivity contribution in [3.63, 3.8) is 0 Å². The van der Waals surface area contributed by atoms with E-state index in [1.807, 2.05) is 22.7 Å². The lowest BCUT2D eigenvalue weighted by atomic mass is 9.99. The number of rotatable bonds is 3. The molecule has 6 heteroatoms. The highest BCUT2D eigenvalue weighted by molar-refractivity contribution is 7.15. The van der Waals surface area contributed by atoms with E-state index < -0.39 is 0 Å². The zero-order chi connectivity index (χ0) is 15.2. The quantitative estimate of drug-likeness (QED) is 0.838. The van der Waals surface area contributed by atoms with Gasteiger partial charge >= 0.3 is 0 Å². The fourth-order valence-corrected chi connectivity index (χ4v) is 6.08. The molecule has 2 aliphatic carbocycles. The Morgan fingerprint density at radius 2 is 1.78 bits per heavy atom. The smallest absolute Gasteiger partial charge is 0.208 e. The second-order valence-corrected chi connectivity index (χ2v) is 9.21. The van der Waals surface area contributed by atoms with Gasteiger partial charge in [0.05, 0.1) is 10.7 Å². The molecule has 2 aromatic heterocycles. The van der Waals surface area contributed by atoms with Crippen molar-refractivity contribution in [2.24, 2.45) is 0 Å². The Morgan fingerprint density at radius 1 is 0.870 bits per heavy atom. The minimum Gasteiger partial charge on any atom is -0.346 e. The second-order valence-electron chi connectivity index (χ2n) is 7.11. The van der Waals surface area contributed by atoms with Gasteiger partial charge in [0.25, 0.3) is 0 Å². The van der Waals surface area contributed by atoms with Gasteiger partial charge in [-0.3, -0.25) is 0 Å². The second kappa shape index (κ2) is 5.81. The van der Waals surface area contributed by atoms with Crippen molar-refractivity contribution in [1.29, 1.82) is 0 Å². The maximum Gasteiger partial charge on any atom is 0.208 e. The summed E-state index contributed by atoms with van der Waals surface area (Å²) in [6.07, 6.45) is 10.3. The monoisotopic (exact) mass is 346 g/mol. The average molecular weight is 347 g/mol. The first-order valence-corrected chi connectivity index (χ1v) is 10.6. The van der Waals surface area contributed by atoms with E-state index in [1.54, 1.807) is 4.88 Å². The van der Waals surface area contributed by atoms with Gasteiger partial charge in [-0.05, 0) is 51.4 Å². The van der Waals surface area contributed by atoms with Crippen LogP contribution in [0, 0.1) is 0 Å². The largest absolute Gasteiger partial charge is 0.346 e. The molecule has 4 nitrogen and oxygen atoms in total. The van der Waals surface area contributed by atoms with Crippen LogP contribution in [0.4, 0.5) is 5.13 Å². The number of aromatic nitrogens is 3.